The first-order valence-corrected chi connectivity index (χ1v) is 6.13. The summed E-state index contributed by atoms with van der Waals surface area (Å²) >= 11 is 1.55. The van der Waals surface area contributed by atoms with E-state index in [0.29, 0.717) is 18.7 Å². The smallest absolute Gasteiger partial charge is 0.330 e. The van der Waals surface area contributed by atoms with Gasteiger partial charge in [0, 0.05) is 12.3 Å². The van der Waals surface area contributed by atoms with Crippen LogP contribution in [-0.4, -0.2) is 40.7 Å². The van der Waals surface area contributed by atoms with Crippen LogP contribution in [0.5, 0.6) is 0 Å². The minimum atomic E-state index is -1.07. The van der Waals surface area contributed by atoms with E-state index in [0.717, 1.165) is 12.2 Å². The SMILES string of the molecule is CCCNC(=O)NC1(C(=O)O)CCSC1. The van der Waals surface area contributed by atoms with Crippen LogP contribution in [0.25, 0.3) is 0 Å². The quantitative estimate of drug-likeness (QED) is 0.665. The fourth-order valence-electron chi connectivity index (χ4n) is 1.39. The lowest BCUT2D eigenvalue weighted by Gasteiger charge is -2.24. The molecule has 0 bridgehead atoms. The topological polar surface area (TPSA) is 78.4 Å². The van der Waals surface area contributed by atoms with Crippen LogP contribution in [0, 0.1) is 0 Å². The molecule has 0 radical (unpaired) electrons. The molecule has 0 spiro atoms. The number of hydrogen-bond acceptors (Lipinski definition) is 3. The Hall–Kier alpha value is -0.910. The molecular formula is C9H16N2O3S. The number of urea groups is 1. The van der Waals surface area contributed by atoms with E-state index in [-0.39, 0.29) is 6.03 Å². The van der Waals surface area contributed by atoms with Crippen molar-refractivity contribution in [1.82, 2.24) is 10.6 Å². The molecule has 3 N–H and O–H groups in total. The number of thioether (sulfide) groups is 1. The van der Waals surface area contributed by atoms with Crippen molar-refractivity contribution in [2.45, 2.75) is 25.3 Å². The zero-order chi connectivity index (χ0) is 11.3. The van der Waals surface area contributed by atoms with E-state index in [9.17, 15) is 9.59 Å². The number of nitrogens with one attached hydrogen (secondary N) is 2. The summed E-state index contributed by atoms with van der Waals surface area (Å²) in [5.41, 5.74) is -1.07. The molecule has 86 valence electrons. The van der Waals surface area contributed by atoms with E-state index in [1.807, 2.05) is 6.92 Å². The monoisotopic (exact) mass is 232 g/mol. The summed E-state index contributed by atoms with van der Waals surface area (Å²) in [6, 6.07) is -0.387. The molecule has 15 heavy (non-hydrogen) atoms. The fourth-order valence-corrected chi connectivity index (χ4v) is 2.71. The van der Waals surface area contributed by atoms with E-state index < -0.39 is 11.5 Å². The van der Waals surface area contributed by atoms with Gasteiger partial charge in [0.05, 0.1) is 0 Å². The fraction of sp³-hybridized carbons (Fsp3) is 0.778. The van der Waals surface area contributed by atoms with Crippen molar-refractivity contribution in [3.8, 4) is 0 Å². The Morgan fingerprint density at radius 3 is 2.73 bits per heavy atom. The summed E-state index contributed by atoms with van der Waals surface area (Å²) in [6.45, 7) is 2.51. The second-order valence-electron chi connectivity index (χ2n) is 3.57. The van der Waals surface area contributed by atoms with Crippen molar-refractivity contribution in [2.24, 2.45) is 0 Å². The maximum atomic E-state index is 11.4. The summed E-state index contributed by atoms with van der Waals surface area (Å²) in [5, 5.41) is 14.3. The van der Waals surface area contributed by atoms with Crippen molar-refractivity contribution in [1.29, 1.82) is 0 Å². The predicted octanol–water partition coefficient (Wildman–Crippen LogP) is 0.656. The van der Waals surface area contributed by atoms with Crippen molar-refractivity contribution in [3.05, 3.63) is 0 Å². The predicted molar refractivity (Wildman–Crippen MR) is 59.1 cm³/mol. The average molecular weight is 232 g/mol. The zero-order valence-electron chi connectivity index (χ0n) is 8.71. The molecule has 0 aromatic rings. The third-order valence-electron chi connectivity index (χ3n) is 2.32. The van der Waals surface area contributed by atoms with E-state index in [2.05, 4.69) is 10.6 Å². The number of aliphatic carboxylic acids is 1. The zero-order valence-corrected chi connectivity index (χ0v) is 9.52. The molecule has 1 rings (SSSR count). The Bertz CT molecular complexity index is 252. The Labute approximate surface area is 93.0 Å². The lowest BCUT2D eigenvalue weighted by Crippen LogP contribution is -2.57. The summed E-state index contributed by atoms with van der Waals surface area (Å²) in [6.07, 6.45) is 1.33. The highest BCUT2D eigenvalue weighted by Gasteiger charge is 2.43. The largest absolute Gasteiger partial charge is 0.479 e. The Morgan fingerprint density at radius 1 is 1.53 bits per heavy atom. The molecule has 1 unspecified atom stereocenters. The Kier molecular flexibility index (Phi) is 4.26. The minimum Gasteiger partial charge on any atom is -0.479 e. The van der Waals surface area contributed by atoms with Crippen molar-refractivity contribution < 1.29 is 14.7 Å². The van der Waals surface area contributed by atoms with Gasteiger partial charge in [-0.2, -0.15) is 11.8 Å². The molecule has 1 fully saturated rings. The number of carboxylic acid groups (broad SMARTS) is 1. The first-order valence-electron chi connectivity index (χ1n) is 4.98. The van der Waals surface area contributed by atoms with Gasteiger partial charge in [0.1, 0.15) is 5.54 Å². The third-order valence-corrected chi connectivity index (χ3v) is 3.51. The number of carbonyl (C=O) groups is 2. The summed E-state index contributed by atoms with van der Waals surface area (Å²) in [7, 11) is 0. The molecule has 0 aromatic carbocycles. The molecule has 5 nitrogen and oxygen atoms in total. The van der Waals surface area contributed by atoms with E-state index in [1.54, 1.807) is 11.8 Å². The number of hydrogen-bond donors (Lipinski definition) is 3. The maximum Gasteiger partial charge on any atom is 0.330 e. The summed E-state index contributed by atoms with van der Waals surface area (Å²) < 4.78 is 0. The van der Waals surface area contributed by atoms with Gasteiger partial charge in [-0.05, 0) is 18.6 Å². The van der Waals surface area contributed by atoms with Gasteiger partial charge in [-0.1, -0.05) is 6.92 Å². The summed E-state index contributed by atoms with van der Waals surface area (Å²) in [4.78, 5) is 22.4. The van der Waals surface area contributed by atoms with Crippen LogP contribution < -0.4 is 10.6 Å². The molecule has 1 aliphatic rings. The van der Waals surface area contributed by atoms with Crippen molar-refractivity contribution >= 4 is 23.8 Å². The molecule has 1 aliphatic heterocycles. The highest BCUT2D eigenvalue weighted by molar-refractivity contribution is 7.99. The van der Waals surface area contributed by atoms with Gasteiger partial charge < -0.3 is 15.7 Å². The minimum absolute atomic E-state index is 0.387. The number of carboxylic acids is 1. The summed E-state index contributed by atoms with van der Waals surface area (Å²) in [5.74, 6) is 0.279. The van der Waals surface area contributed by atoms with Gasteiger partial charge in [0.25, 0.3) is 0 Å². The van der Waals surface area contributed by atoms with Crippen LogP contribution in [0.4, 0.5) is 4.79 Å². The molecule has 6 heteroatoms. The van der Waals surface area contributed by atoms with E-state index >= 15 is 0 Å². The van der Waals surface area contributed by atoms with Gasteiger partial charge >= 0.3 is 12.0 Å². The normalized spacial score (nSPS) is 24.9. The van der Waals surface area contributed by atoms with Gasteiger partial charge in [0.15, 0.2) is 0 Å². The van der Waals surface area contributed by atoms with Gasteiger partial charge in [-0.25, -0.2) is 9.59 Å². The molecule has 1 saturated heterocycles. The third kappa shape index (κ3) is 3.02. The lowest BCUT2D eigenvalue weighted by atomic mass is 10.00. The lowest BCUT2D eigenvalue weighted by molar-refractivity contribution is -0.143. The molecule has 0 saturated carbocycles. The molecule has 0 aliphatic carbocycles. The second-order valence-corrected chi connectivity index (χ2v) is 4.68. The van der Waals surface area contributed by atoms with Crippen LogP contribution >= 0.6 is 11.8 Å². The van der Waals surface area contributed by atoms with Crippen molar-refractivity contribution in [2.75, 3.05) is 18.1 Å². The van der Waals surface area contributed by atoms with Crippen LogP contribution in [0.3, 0.4) is 0 Å². The molecule has 2 amide bonds. The van der Waals surface area contributed by atoms with Gasteiger partial charge in [0.2, 0.25) is 0 Å². The first kappa shape index (κ1) is 12.2. The van der Waals surface area contributed by atoms with Crippen molar-refractivity contribution in [3.63, 3.8) is 0 Å². The van der Waals surface area contributed by atoms with E-state index in [1.165, 1.54) is 0 Å². The van der Waals surface area contributed by atoms with Gasteiger partial charge in [-0.15, -0.1) is 0 Å². The number of carbonyl (C=O) groups excluding carboxylic acids is 1. The molecule has 1 atom stereocenters. The average Bonchev–Trinajstić information content (AvgIpc) is 2.64. The highest BCUT2D eigenvalue weighted by Crippen LogP contribution is 2.28. The number of amides is 2. The van der Waals surface area contributed by atoms with E-state index in [4.69, 9.17) is 5.11 Å². The highest BCUT2D eigenvalue weighted by atomic mass is 32.2. The maximum absolute atomic E-state index is 11.4. The second kappa shape index (κ2) is 5.25. The molecule has 1 heterocycles. The van der Waals surface area contributed by atoms with Gasteiger partial charge in [-0.3, -0.25) is 0 Å². The Balaban J connectivity index is 2.52. The Morgan fingerprint density at radius 2 is 2.27 bits per heavy atom. The first-order chi connectivity index (χ1) is 7.10. The number of rotatable bonds is 4. The molecular weight excluding hydrogens is 216 g/mol. The van der Waals surface area contributed by atoms with Crippen LogP contribution in [0.1, 0.15) is 19.8 Å². The van der Waals surface area contributed by atoms with Crippen LogP contribution in [0.15, 0.2) is 0 Å². The van der Waals surface area contributed by atoms with Crippen LogP contribution in [0.2, 0.25) is 0 Å². The van der Waals surface area contributed by atoms with Crippen LogP contribution in [-0.2, 0) is 4.79 Å². The standard InChI is InChI=1S/C9H16N2O3S/c1-2-4-10-8(14)11-9(7(12)13)3-5-15-6-9/h2-6H2,1H3,(H,12,13)(H2,10,11,14). The molecule has 0 aromatic heterocycles.